The highest BCUT2D eigenvalue weighted by Gasteiger charge is 2.26. The number of hydrogen-bond donors (Lipinski definition) is 1. The van der Waals surface area contributed by atoms with E-state index in [9.17, 15) is 13.6 Å². The Morgan fingerprint density at radius 3 is 2.76 bits per heavy atom. The van der Waals surface area contributed by atoms with Crippen LogP contribution in [0.4, 0.5) is 19.3 Å². The maximum atomic E-state index is 14.5. The van der Waals surface area contributed by atoms with Gasteiger partial charge in [0.2, 0.25) is 0 Å². The molecule has 0 aliphatic carbocycles. The highest BCUT2D eigenvalue weighted by molar-refractivity contribution is 5.90. The Labute approximate surface area is 167 Å². The van der Waals surface area contributed by atoms with Crippen LogP contribution in [0.2, 0.25) is 0 Å². The van der Waals surface area contributed by atoms with Gasteiger partial charge in [0.1, 0.15) is 17.7 Å². The van der Waals surface area contributed by atoms with Crippen LogP contribution in [0, 0.1) is 5.82 Å². The number of urea groups is 1. The summed E-state index contributed by atoms with van der Waals surface area (Å²) in [6.45, 7) is 6.73. The van der Waals surface area contributed by atoms with Gasteiger partial charge in [-0.15, -0.1) is 5.10 Å². The Bertz CT molecular complexity index is 1070. The molecule has 1 unspecified atom stereocenters. The molecule has 1 N–H and O–H groups in total. The summed E-state index contributed by atoms with van der Waals surface area (Å²) in [5.74, 6) is -0.475. The van der Waals surface area contributed by atoms with E-state index in [1.165, 1.54) is 27.8 Å². The molecule has 6 nitrogen and oxygen atoms in total. The van der Waals surface area contributed by atoms with Crippen molar-refractivity contribution in [2.75, 3.05) is 18.4 Å². The second kappa shape index (κ2) is 7.09. The minimum Gasteiger partial charge on any atom is -0.322 e. The van der Waals surface area contributed by atoms with Crippen LogP contribution < -0.4 is 5.32 Å². The molecule has 4 rings (SSSR count). The van der Waals surface area contributed by atoms with Crippen molar-refractivity contribution in [2.24, 2.45) is 0 Å². The van der Waals surface area contributed by atoms with Crippen molar-refractivity contribution in [3.8, 4) is 5.69 Å². The lowest BCUT2D eigenvalue weighted by molar-refractivity contribution is 0.218. The average molecular weight is 399 g/mol. The summed E-state index contributed by atoms with van der Waals surface area (Å²) < 4.78 is 29.2. The fourth-order valence-corrected chi connectivity index (χ4v) is 3.32. The first-order valence-corrected chi connectivity index (χ1v) is 9.56. The smallest absolute Gasteiger partial charge is 0.321 e. The summed E-state index contributed by atoms with van der Waals surface area (Å²) in [5.41, 5.74) is 2.12. The molecule has 0 radical (unpaired) electrons. The average Bonchev–Trinajstić information content (AvgIpc) is 3.28. The number of benzene rings is 1. The fraction of sp³-hybridized carbons (Fsp3) is 0.381. The van der Waals surface area contributed by atoms with Gasteiger partial charge in [-0.2, -0.15) is 0 Å². The molecule has 1 aliphatic heterocycles. The molecule has 2 amide bonds. The van der Waals surface area contributed by atoms with Crippen molar-refractivity contribution < 1.29 is 13.6 Å². The molecule has 1 atom stereocenters. The van der Waals surface area contributed by atoms with Crippen LogP contribution >= 0.6 is 0 Å². The van der Waals surface area contributed by atoms with E-state index in [0.717, 1.165) is 10.9 Å². The zero-order chi connectivity index (χ0) is 20.8. The van der Waals surface area contributed by atoms with Crippen molar-refractivity contribution in [1.29, 1.82) is 0 Å². The number of carbonyl (C=O) groups is 1. The number of hydrogen-bond acceptors (Lipinski definition) is 3. The predicted molar refractivity (Wildman–Crippen MR) is 108 cm³/mol. The summed E-state index contributed by atoms with van der Waals surface area (Å²) in [5, 5.41) is 7.87. The van der Waals surface area contributed by atoms with Gasteiger partial charge < -0.3 is 10.2 Å². The lowest BCUT2D eigenvalue weighted by Crippen LogP contribution is -2.33. The number of fused-ring (bicyclic) bond motifs is 1. The number of aromatic nitrogens is 3. The molecule has 0 spiro atoms. The van der Waals surface area contributed by atoms with Crippen molar-refractivity contribution in [3.63, 3.8) is 0 Å². The fourth-order valence-electron chi connectivity index (χ4n) is 3.32. The van der Waals surface area contributed by atoms with E-state index >= 15 is 0 Å². The van der Waals surface area contributed by atoms with Gasteiger partial charge in [0.25, 0.3) is 0 Å². The van der Waals surface area contributed by atoms with Gasteiger partial charge in [-0.05, 0) is 41.7 Å². The third-order valence-corrected chi connectivity index (χ3v) is 5.09. The molecule has 8 heteroatoms. The minimum atomic E-state index is -0.994. The van der Waals surface area contributed by atoms with E-state index in [0.29, 0.717) is 24.3 Å². The number of carbonyl (C=O) groups excluding carboxylic acids is 1. The van der Waals surface area contributed by atoms with Crippen LogP contribution in [-0.2, 0) is 5.41 Å². The molecule has 1 aliphatic rings. The van der Waals surface area contributed by atoms with Gasteiger partial charge in [-0.1, -0.05) is 20.8 Å². The minimum absolute atomic E-state index is 0.0626. The second-order valence-corrected chi connectivity index (χ2v) is 8.39. The zero-order valence-electron chi connectivity index (χ0n) is 16.6. The first kappa shape index (κ1) is 19.3. The van der Waals surface area contributed by atoms with E-state index in [4.69, 9.17) is 0 Å². The number of anilines is 1. The van der Waals surface area contributed by atoms with Crippen LogP contribution in [0.15, 0.2) is 36.7 Å². The normalized spacial score (nSPS) is 17.1. The lowest BCUT2D eigenvalue weighted by Gasteiger charge is -2.17. The van der Waals surface area contributed by atoms with Crippen LogP contribution in [0.3, 0.4) is 0 Å². The Kier molecular flexibility index (Phi) is 4.72. The maximum Gasteiger partial charge on any atom is 0.321 e. The molecule has 3 heterocycles. The summed E-state index contributed by atoms with van der Waals surface area (Å²) >= 11 is 0. The van der Waals surface area contributed by atoms with Gasteiger partial charge >= 0.3 is 6.03 Å². The van der Waals surface area contributed by atoms with Gasteiger partial charge in [-0.25, -0.2) is 23.2 Å². The third kappa shape index (κ3) is 3.92. The van der Waals surface area contributed by atoms with Crippen LogP contribution in [-0.4, -0.2) is 45.0 Å². The summed E-state index contributed by atoms with van der Waals surface area (Å²) in [6, 6.07) is 5.85. The SMILES string of the molecule is CC(C)(C)c1cnc2nn(-c3cc(NC(=O)N4CCC(F)C4)ccc3F)cc2c1. The number of nitrogens with zero attached hydrogens (tertiary/aromatic N) is 4. The first-order chi connectivity index (χ1) is 13.7. The topological polar surface area (TPSA) is 63.1 Å². The van der Waals surface area contributed by atoms with Gasteiger partial charge in [0, 0.05) is 30.0 Å². The van der Waals surface area contributed by atoms with Crippen molar-refractivity contribution in [1.82, 2.24) is 19.7 Å². The number of rotatable bonds is 2. The lowest BCUT2D eigenvalue weighted by atomic mass is 9.88. The molecule has 1 fully saturated rings. The Morgan fingerprint density at radius 2 is 2.07 bits per heavy atom. The number of nitrogens with one attached hydrogen (secondary N) is 1. The molecule has 29 heavy (non-hydrogen) atoms. The standard InChI is InChI=1S/C21H23F2N5O/c1-21(2,3)14-8-13-11-28(26-19(13)24-10-14)18-9-16(4-5-17(18)23)25-20(29)27-7-6-15(22)12-27/h4-5,8-11,15H,6-7,12H2,1-3H3,(H,25,29). The van der Waals surface area contributed by atoms with E-state index < -0.39 is 18.0 Å². The molecule has 2 aromatic heterocycles. The summed E-state index contributed by atoms with van der Waals surface area (Å²) in [4.78, 5) is 18.1. The Balaban J connectivity index is 1.63. The molecule has 0 saturated carbocycles. The van der Waals surface area contributed by atoms with Gasteiger partial charge in [-0.3, -0.25) is 0 Å². The Morgan fingerprint density at radius 1 is 1.28 bits per heavy atom. The van der Waals surface area contributed by atoms with Crippen LogP contribution in [0.5, 0.6) is 0 Å². The summed E-state index contributed by atoms with van der Waals surface area (Å²) in [7, 11) is 0. The molecular formula is C21H23F2N5O. The van der Waals surface area contributed by atoms with E-state index in [1.807, 2.05) is 6.07 Å². The molecule has 1 aromatic carbocycles. The highest BCUT2D eigenvalue weighted by atomic mass is 19.1. The highest BCUT2D eigenvalue weighted by Crippen LogP contribution is 2.26. The molecule has 1 saturated heterocycles. The van der Waals surface area contributed by atoms with Crippen molar-refractivity contribution in [3.05, 3.63) is 48.0 Å². The monoisotopic (exact) mass is 399 g/mol. The van der Waals surface area contributed by atoms with Crippen molar-refractivity contribution in [2.45, 2.75) is 38.8 Å². The van der Waals surface area contributed by atoms with Crippen molar-refractivity contribution >= 4 is 22.8 Å². The number of amides is 2. The third-order valence-electron chi connectivity index (χ3n) is 5.09. The van der Waals surface area contributed by atoms with Crippen LogP contribution in [0.1, 0.15) is 32.8 Å². The second-order valence-electron chi connectivity index (χ2n) is 8.39. The Hall–Kier alpha value is -3.03. The summed E-state index contributed by atoms with van der Waals surface area (Å²) in [6.07, 6.45) is 2.84. The number of alkyl halides is 1. The number of halogens is 2. The van der Waals surface area contributed by atoms with E-state index in [-0.39, 0.29) is 17.6 Å². The van der Waals surface area contributed by atoms with Gasteiger partial charge in [0.05, 0.1) is 6.54 Å². The molecule has 3 aromatic rings. The number of likely N-dealkylation sites (tertiary alicyclic amines) is 1. The largest absolute Gasteiger partial charge is 0.322 e. The predicted octanol–water partition coefficient (Wildman–Crippen LogP) is 4.43. The maximum absolute atomic E-state index is 14.5. The molecule has 0 bridgehead atoms. The quantitative estimate of drug-likeness (QED) is 0.693. The first-order valence-electron chi connectivity index (χ1n) is 9.56. The van der Waals surface area contributed by atoms with E-state index in [2.05, 4.69) is 36.2 Å². The zero-order valence-corrected chi connectivity index (χ0v) is 16.6. The molecular weight excluding hydrogens is 376 g/mol. The number of pyridine rings is 1. The molecule has 152 valence electrons. The van der Waals surface area contributed by atoms with E-state index in [1.54, 1.807) is 12.4 Å². The van der Waals surface area contributed by atoms with Gasteiger partial charge in [0.15, 0.2) is 5.65 Å². The van der Waals surface area contributed by atoms with Crippen LogP contribution in [0.25, 0.3) is 16.7 Å².